The van der Waals surface area contributed by atoms with Crippen LogP contribution >= 0.6 is 0 Å². The molecule has 34 heavy (non-hydrogen) atoms. The van der Waals surface area contributed by atoms with E-state index in [0.717, 1.165) is 32.8 Å². The van der Waals surface area contributed by atoms with Gasteiger partial charge in [0.2, 0.25) is 21.8 Å². The Morgan fingerprint density at radius 2 is 1.62 bits per heavy atom. The topological polar surface area (TPSA) is 86.8 Å². The molecular weight excluding hydrogens is 450 g/mol. The quantitative estimate of drug-likeness (QED) is 0.615. The van der Waals surface area contributed by atoms with Gasteiger partial charge in [-0.2, -0.15) is 0 Å². The van der Waals surface area contributed by atoms with Crippen molar-refractivity contribution in [2.75, 3.05) is 17.1 Å². The molecule has 1 N–H and O–H groups in total. The number of carbonyl (C=O) groups is 2. The zero-order valence-electron chi connectivity index (χ0n) is 21.5. The number of aryl methyl sites for hydroxylation is 3. The molecule has 0 saturated heterocycles. The summed E-state index contributed by atoms with van der Waals surface area (Å²) in [5, 5.41) is 2.92. The lowest BCUT2D eigenvalue weighted by Crippen LogP contribution is -2.54. The molecule has 0 aliphatic rings. The molecule has 0 bridgehead atoms. The van der Waals surface area contributed by atoms with Crippen LogP contribution in [0.1, 0.15) is 49.9 Å². The molecule has 8 heteroatoms. The van der Waals surface area contributed by atoms with Crippen molar-refractivity contribution in [1.29, 1.82) is 0 Å². The minimum atomic E-state index is -3.76. The third-order valence-electron chi connectivity index (χ3n) is 5.58. The van der Waals surface area contributed by atoms with E-state index in [2.05, 4.69) is 5.32 Å². The van der Waals surface area contributed by atoms with Gasteiger partial charge < -0.3 is 10.2 Å². The summed E-state index contributed by atoms with van der Waals surface area (Å²) in [6, 6.07) is 12.3. The Bertz CT molecular complexity index is 1150. The SMILES string of the molecule is Cc1ccc(C)c(N(CC(=O)N(Cc2ccccc2C)[C@H](C)C(=O)NC(C)(C)C)S(C)(=O)=O)c1. The summed E-state index contributed by atoms with van der Waals surface area (Å²) in [5.74, 6) is -0.752. The van der Waals surface area contributed by atoms with Gasteiger partial charge >= 0.3 is 0 Å². The summed E-state index contributed by atoms with van der Waals surface area (Å²) in [6.45, 7) is 12.7. The maximum absolute atomic E-state index is 13.6. The van der Waals surface area contributed by atoms with E-state index in [4.69, 9.17) is 0 Å². The normalized spacial score (nSPS) is 12.7. The molecule has 2 rings (SSSR count). The molecule has 2 amide bonds. The number of rotatable bonds is 8. The van der Waals surface area contributed by atoms with Crippen LogP contribution in [0.4, 0.5) is 5.69 Å². The third kappa shape index (κ3) is 7.32. The number of nitrogens with one attached hydrogen (secondary N) is 1. The first-order valence-electron chi connectivity index (χ1n) is 11.3. The molecule has 0 radical (unpaired) electrons. The monoisotopic (exact) mass is 487 g/mol. The number of anilines is 1. The maximum Gasteiger partial charge on any atom is 0.244 e. The van der Waals surface area contributed by atoms with Crippen molar-refractivity contribution < 1.29 is 18.0 Å². The van der Waals surface area contributed by atoms with Crippen molar-refractivity contribution in [2.45, 2.75) is 66.6 Å². The number of amides is 2. The van der Waals surface area contributed by atoms with Gasteiger partial charge in [-0.3, -0.25) is 13.9 Å². The van der Waals surface area contributed by atoms with Crippen LogP contribution < -0.4 is 9.62 Å². The summed E-state index contributed by atoms with van der Waals surface area (Å²) in [5.41, 5.74) is 3.49. The van der Waals surface area contributed by atoms with Crippen LogP contribution in [-0.2, 0) is 26.2 Å². The van der Waals surface area contributed by atoms with Gasteiger partial charge in [0.15, 0.2) is 0 Å². The van der Waals surface area contributed by atoms with Gasteiger partial charge in [-0.05, 0) is 76.8 Å². The van der Waals surface area contributed by atoms with Crippen LogP contribution in [0.25, 0.3) is 0 Å². The number of carbonyl (C=O) groups excluding carboxylic acids is 2. The number of sulfonamides is 1. The van der Waals surface area contributed by atoms with Crippen LogP contribution in [0.2, 0.25) is 0 Å². The molecule has 0 saturated carbocycles. The molecule has 0 unspecified atom stereocenters. The Hall–Kier alpha value is -2.87. The average molecular weight is 488 g/mol. The molecule has 0 aliphatic heterocycles. The largest absolute Gasteiger partial charge is 0.350 e. The Morgan fingerprint density at radius 1 is 1.00 bits per heavy atom. The van der Waals surface area contributed by atoms with Gasteiger partial charge in [0.1, 0.15) is 12.6 Å². The fraction of sp³-hybridized carbons (Fsp3) is 0.462. The first-order chi connectivity index (χ1) is 15.6. The zero-order chi connectivity index (χ0) is 25.8. The Labute approximate surface area is 204 Å². The van der Waals surface area contributed by atoms with Crippen molar-refractivity contribution >= 4 is 27.5 Å². The smallest absolute Gasteiger partial charge is 0.244 e. The number of hydrogen-bond acceptors (Lipinski definition) is 4. The molecule has 2 aromatic rings. The van der Waals surface area contributed by atoms with Gasteiger partial charge in [0.25, 0.3) is 0 Å². The van der Waals surface area contributed by atoms with E-state index in [1.54, 1.807) is 13.0 Å². The molecule has 1 atom stereocenters. The predicted molar refractivity (Wildman–Crippen MR) is 137 cm³/mol. The fourth-order valence-electron chi connectivity index (χ4n) is 3.61. The molecular formula is C26H37N3O4S. The van der Waals surface area contributed by atoms with Crippen molar-refractivity contribution in [2.24, 2.45) is 0 Å². The molecule has 0 aliphatic carbocycles. The molecule has 7 nitrogen and oxygen atoms in total. The minimum Gasteiger partial charge on any atom is -0.350 e. The Balaban J connectivity index is 2.47. The second-order valence-corrected chi connectivity index (χ2v) is 11.8. The first-order valence-corrected chi connectivity index (χ1v) is 13.2. The van der Waals surface area contributed by atoms with Crippen molar-refractivity contribution in [1.82, 2.24) is 10.2 Å². The number of nitrogens with zero attached hydrogens (tertiary/aromatic N) is 2. The van der Waals surface area contributed by atoms with E-state index in [-0.39, 0.29) is 12.5 Å². The van der Waals surface area contributed by atoms with E-state index in [0.29, 0.717) is 5.69 Å². The van der Waals surface area contributed by atoms with Gasteiger partial charge in [0.05, 0.1) is 11.9 Å². The minimum absolute atomic E-state index is 0.189. The highest BCUT2D eigenvalue weighted by atomic mass is 32.2. The molecule has 0 heterocycles. The first kappa shape index (κ1) is 27.4. The summed E-state index contributed by atoms with van der Waals surface area (Å²) in [4.78, 5) is 28.1. The number of hydrogen-bond donors (Lipinski definition) is 1. The summed E-state index contributed by atoms with van der Waals surface area (Å²) in [6.07, 6.45) is 1.09. The van der Waals surface area contributed by atoms with Crippen LogP contribution in [0.3, 0.4) is 0 Å². The second kappa shape index (κ2) is 10.6. The molecule has 186 valence electrons. The number of benzene rings is 2. The molecule has 0 spiro atoms. The summed E-state index contributed by atoms with van der Waals surface area (Å²) in [7, 11) is -3.76. The third-order valence-corrected chi connectivity index (χ3v) is 6.71. The zero-order valence-corrected chi connectivity index (χ0v) is 22.3. The van der Waals surface area contributed by atoms with E-state index >= 15 is 0 Å². The van der Waals surface area contributed by atoms with Crippen LogP contribution in [0.15, 0.2) is 42.5 Å². The van der Waals surface area contributed by atoms with E-state index < -0.39 is 34.1 Å². The standard InChI is InChI=1S/C26H37N3O4S/c1-18-13-14-20(3)23(15-18)29(34(8,32)33)17-24(30)28(16-22-12-10-9-11-19(22)2)21(4)25(31)27-26(5,6)7/h9-15,21H,16-17H2,1-8H3,(H,27,31)/t21-/m1/s1. The highest BCUT2D eigenvalue weighted by Crippen LogP contribution is 2.25. The van der Waals surface area contributed by atoms with Crippen LogP contribution in [0.5, 0.6) is 0 Å². The van der Waals surface area contributed by atoms with Crippen LogP contribution in [-0.4, -0.2) is 49.5 Å². The average Bonchev–Trinajstić information content (AvgIpc) is 2.70. The van der Waals surface area contributed by atoms with Gasteiger partial charge in [0, 0.05) is 12.1 Å². The summed E-state index contributed by atoms with van der Waals surface area (Å²) >= 11 is 0. The fourth-order valence-corrected chi connectivity index (χ4v) is 4.51. The van der Waals surface area contributed by atoms with Crippen molar-refractivity contribution in [3.05, 3.63) is 64.7 Å². The lowest BCUT2D eigenvalue weighted by atomic mass is 10.1. The van der Waals surface area contributed by atoms with E-state index in [1.807, 2.05) is 77.9 Å². The molecule has 0 fully saturated rings. The molecule has 2 aromatic carbocycles. The van der Waals surface area contributed by atoms with Crippen molar-refractivity contribution in [3.63, 3.8) is 0 Å². The highest BCUT2D eigenvalue weighted by molar-refractivity contribution is 7.92. The van der Waals surface area contributed by atoms with Crippen LogP contribution in [0, 0.1) is 20.8 Å². The maximum atomic E-state index is 13.6. The predicted octanol–water partition coefficient (Wildman–Crippen LogP) is 3.71. The lowest BCUT2D eigenvalue weighted by Gasteiger charge is -2.33. The molecule has 0 aromatic heterocycles. The van der Waals surface area contributed by atoms with Gasteiger partial charge in [-0.1, -0.05) is 36.4 Å². The van der Waals surface area contributed by atoms with Crippen molar-refractivity contribution in [3.8, 4) is 0 Å². The Kier molecular flexibility index (Phi) is 8.53. The van der Waals surface area contributed by atoms with E-state index in [9.17, 15) is 18.0 Å². The Morgan fingerprint density at radius 3 is 2.18 bits per heavy atom. The van der Waals surface area contributed by atoms with Gasteiger partial charge in [-0.15, -0.1) is 0 Å². The second-order valence-electron chi connectivity index (χ2n) is 9.92. The van der Waals surface area contributed by atoms with E-state index in [1.165, 1.54) is 4.90 Å². The summed E-state index contributed by atoms with van der Waals surface area (Å²) < 4.78 is 26.6. The highest BCUT2D eigenvalue weighted by Gasteiger charge is 2.32. The van der Waals surface area contributed by atoms with Gasteiger partial charge in [-0.25, -0.2) is 8.42 Å². The lowest BCUT2D eigenvalue weighted by molar-refractivity contribution is -0.140.